The second-order valence-corrected chi connectivity index (χ2v) is 7.58. The summed E-state index contributed by atoms with van der Waals surface area (Å²) in [5.41, 5.74) is 2.17. The summed E-state index contributed by atoms with van der Waals surface area (Å²) < 4.78 is 5.56. The maximum Gasteiger partial charge on any atom is 0.213 e. The Kier molecular flexibility index (Phi) is 10.6. The van der Waals surface area contributed by atoms with E-state index < -0.39 is 0 Å². The summed E-state index contributed by atoms with van der Waals surface area (Å²) in [6.07, 6.45) is 2.83. The minimum absolute atomic E-state index is 0. The molecule has 2 heterocycles. The molecule has 0 radical (unpaired) electrons. The van der Waals surface area contributed by atoms with Gasteiger partial charge in [0, 0.05) is 36.7 Å². The number of nitrogens with zero attached hydrogens (tertiary/aromatic N) is 3. The third-order valence-corrected chi connectivity index (χ3v) is 4.75. The highest BCUT2D eigenvalue weighted by atomic mass is 127. The molecule has 150 valence electrons. The molecule has 0 atom stereocenters. The zero-order valence-electron chi connectivity index (χ0n) is 16.7. The lowest BCUT2D eigenvalue weighted by Crippen LogP contribution is -2.38. The van der Waals surface area contributed by atoms with Gasteiger partial charge in [0.15, 0.2) is 5.96 Å². The molecule has 0 saturated heterocycles. The summed E-state index contributed by atoms with van der Waals surface area (Å²) >= 11 is 1.76. The number of aryl methyl sites for hydroxylation is 2. The van der Waals surface area contributed by atoms with E-state index in [0.29, 0.717) is 12.4 Å². The summed E-state index contributed by atoms with van der Waals surface area (Å²) in [6.45, 7) is 12.4. The predicted molar refractivity (Wildman–Crippen MR) is 124 cm³/mol. The Morgan fingerprint density at radius 2 is 2.04 bits per heavy atom. The molecule has 0 spiro atoms. The lowest BCUT2D eigenvalue weighted by atomic mass is 10.3. The topological polar surface area (TPSA) is 71.4 Å². The van der Waals surface area contributed by atoms with Crippen LogP contribution in [0.2, 0.25) is 0 Å². The van der Waals surface area contributed by atoms with Gasteiger partial charge in [0.05, 0.1) is 23.4 Å². The minimum atomic E-state index is 0. The van der Waals surface area contributed by atoms with Crippen LogP contribution < -0.4 is 15.4 Å². The quantitative estimate of drug-likeness (QED) is 0.325. The lowest BCUT2D eigenvalue weighted by Gasteiger charge is -2.11. The molecule has 2 aromatic heterocycles. The van der Waals surface area contributed by atoms with Crippen LogP contribution in [0.4, 0.5) is 0 Å². The Balaban J connectivity index is 0.00000364. The fraction of sp³-hybridized carbons (Fsp3) is 0.526. The average Bonchev–Trinajstić information content (AvgIpc) is 2.91. The number of guanidine groups is 1. The number of hydrogen-bond donors (Lipinski definition) is 2. The van der Waals surface area contributed by atoms with Gasteiger partial charge in [-0.05, 0) is 40.2 Å². The molecule has 0 aliphatic heterocycles. The summed E-state index contributed by atoms with van der Waals surface area (Å²) in [5.74, 6) is 1.45. The SMILES string of the molecule is CCNC(=NCc1ccc(OC(C)C)nc1)NCCc1nc(C)c(C)s1.I. The summed E-state index contributed by atoms with van der Waals surface area (Å²) in [4.78, 5) is 14.8. The van der Waals surface area contributed by atoms with E-state index >= 15 is 0 Å². The molecule has 0 amide bonds. The van der Waals surface area contributed by atoms with Crippen LogP contribution in [-0.2, 0) is 13.0 Å². The predicted octanol–water partition coefficient (Wildman–Crippen LogP) is 3.86. The van der Waals surface area contributed by atoms with Gasteiger partial charge in [-0.3, -0.25) is 0 Å². The first-order valence-electron chi connectivity index (χ1n) is 9.04. The minimum Gasteiger partial charge on any atom is -0.475 e. The van der Waals surface area contributed by atoms with E-state index in [1.165, 1.54) is 4.88 Å². The highest BCUT2D eigenvalue weighted by Gasteiger charge is 2.04. The van der Waals surface area contributed by atoms with Gasteiger partial charge in [0.2, 0.25) is 5.88 Å². The standard InChI is InChI=1S/C19H29N5OS.HI/c1-6-20-19(21-10-9-18-24-14(4)15(5)26-18)23-12-16-7-8-17(22-11-16)25-13(2)3;/h7-8,11,13H,6,9-10,12H2,1-5H3,(H2,20,21,23);1H. The first-order chi connectivity index (χ1) is 12.5. The number of aliphatic imine (C=N–C) groups is 1. The van der Waals surface area contributed by atoms with E-state index in [-0.39, 0.29) is 30.1 Å². The fourth-order valence-electron chi connectivity index (χ4n) is 2.26. The van der Waals surface area contributed by atoms with E-state index in [4.69, 9.17) is 4.74 Å². The fourth-order valence-corrected chi connectivity index (χ4v) is 3.20. The smallest absolute Gasteiger partial charge is 0.213 e. The van der Waals surface area contributed by atoms with Crippen molar-refractivity contribution in [3.63, 3.8) is 0 Å². The van der Waals surface area contributed by atoms with E-state index in [9.17, 15) is 0 Å². The number of rotatable bonds is 8. The molecule has 2 N–H and O–H groups in total. The first-order valence-corrected chi connectivity index (χ1v) is 9.86. The molecule has 0 aliphatic rings. The van der Waals surface area contributed by atoms with Crippen LogP contribution >= 0.6 is 35.3 Å². The van der Waals surface area contributed by atoms with Crippen molar-refractivity contribution in [1.82, 2.24) is 20.6 Å². The zero-order valence-corrected chi connectivity index (χ0v) is 19.9. The summed E-state index contributed by atoms with van der Waals surface area (Å²) in [6, 6.07) is 3.89. The lowest BCUT2D eigenvalue weighted by molar-refractivity contribution is 0.232. The van der Waals surface area contributed by atoms with Crippen LogP contribution in [0.3, 0.4) is 0 Å². The van der Waals surface area contributed by atoms with Gasteiger partial charge in [0.1, 0.15) is 0 Å². The van der Waals surface area contributed by atoms with Crippen molar-refractivity contribution in [1.29, 1.82) is 0 Å². The molecule has 0 saturated carbocycles. The molecule has 27 heavy (non-hydrogen) atoms. The van der Waals surface area contributed by atoms with Crippen LogP contribution in [0, 0.1) is 13.8 Å². The van der Waals surface area contributed by atoms with Crippen molar-refractivity contribution in [3.05, 3.63) is 39.5 Å². The average molecular weight is 503 g/mol. The molecule has 0 fully saturated rings. The van der Waals surface area contributed by atoms with Crippen molar-refractivity contribution in [2.24, 2.45) is 4.99 Å². The van der Waals surface area contributed by atoms with E-state index in [1.54, 1.807) is 11.3 Å². The second kappa shape index (κ2) is 12.1. The maximum atomic E-state index is 5.56. The monoisotopic (exact) mass is 503 g/mol. The molecular weight excluding hydrogens is 473 g/mol. The summed E-state index contributed by atoms with van der Waals surface area (Å²) in [7, 11) is 0. The van der Waals surface area contributed by atoms with Crippen molar-refractivity contribution >= 4 is 41.3 Å². The molecule has 0 aliphatic carbocycles. The Labute approximate surface area is 183 Å². The van der Waals surface area contributed by atoms with Crippen LogP contribution in [0.1, 0.15) is 41.9 Å². The van der Waals surface area contributed by atoms with Crippen molar-refractivity contribution in [2.45, 2.75) is 53.7 Å². The van der Waals surface area contributed by atoms with Crippen molar-refractivity contribution < 1.29 is 4.74 Å². The van der Waals surface area contributed by atoms with Gasteiger partial charge in [-0.2, -0.15) is 0 Å². The van der Waals surface area contributed by atoms with Crippen LogP contribution in [0.25, 0.3) is 0 Å². The molecule has 8 heteroatoms. The molecule has 0 bridgehead atoms. The third-order valence-electron chi connectivity index (χ3n) is 3.62. The molecular formula is C19H30IN5OS. The number of thiazole rings is 1. The Bertz CT molecular complexity index is 696. The van der Waals surface area contributed by atoms with E-state index in [2.05, 4.69) is 46.4 Å². The van der Waals surface area contributed by atoms with E-state index in [1.807, 2.05) is 32.2 Å². The van der Waals surface area contributed by atoms with Crippen molar-refractivity contribution in [2.75, 3.05) is 13.1 Å². The number of aromatic nitrogens is 2. The number of hydrogen-bond acceptors (Lipinski definition) is 5. The Hall–Kier alpha value is -1.42. The highest BCUT2D eigenvalue weighted by molar-refractivity contribution is 14.0. The highest BCUT2D eigenvalue weighted by Crippen LogP contribution is 2.16. The number of nitrogens with one attached hydrogen (secondary N) is 2. The zero-order chi connectivity index (χ0) is 18.9. The van der Waals surface area contributed by atoms with Gasteiger partial charge in [-0.1, -0.05) is 6.07 Å². The van der Waals surface area contributed by atoms with E-state index in [0.717, 1.165) is 41.7 Å². The second-order valence-electron chi connectivity index (χ2n) is 6.29. The largest absolute Gasteiger partial charge is 0.475 e. The molecule has 2 aromatic rings. The van der Waals surface area contributed by atoms with Gasteiger partial charge in [-0.25, -0.2) is 15.0 Å². The Morgan fingerprint density at radius 1 is 1.26 bits per heavy atom. The van der Waals surface area contributed by atoms with Crippen LogP contribution in [-0.4, -0.2) is 35.1 Å². The molecule has 0 aromatic carbocycles. The van der Waals surface area contributed by atoms with Crippen LogP contribution in [0.5, 0.6) is 5.88 Å². The van der Waals surface area contributed by atoms with Crippen molar-refractivity contribution in [3.8, 4) is 5.88 Å². The summed E-state index contributed by atoms with van der Waals surface area (Å²) in [5, 5.41) is 7.80. The normalized spacial score (nSPS) is 11.3. The number of pyridine rings is 1. The Morgan fingerprint density at radius 3 is 2.59 bits per heavy atom. The number of ether oxygens (including phenoxy) is 1. The molecule has 0 unspecified atom stereocenters. The van der Waals surface area contributed by atoms with Gasteiger partial charge in [-0.15, -0.1) is 35.3 Å². The number of halogens is 1. The van der Waals surface area contributed by atoms with Gasteiger partial charge in [0.25, 0.3) is 0 Å². The first kappa shape index (κ1) is 23.6. The molecule has 6 nitrogen and oxygen atoms in total. The maximum absolute atomic E-state index is 5.56. The van der Waals surface area contributed by atoms with Gasteiger partial charge >= 0.3 is 0 Å². The molecule has 2 rings (SSSR count). The van der Waals surface area contributed by atoms with Crippen LogP contribution in [0.15, 0.2) is 23.3 Å². The third kappa shape index (κ3) is 8.42. The van der Waals surface area contributed by atoms with Gasteiger partial charge < -0.3 is 15.4 Å².